The molecule has 0 heterocycles. The summed E-state index contributed by atoms with van der Waals surface area (Å²) in [5.41, 5.74) is 1.00. The van der Waals surface area contributed by atoms with E-state index in [9.17, 15) is 9.90 Å². The Balaban J connectivity index is 0.000000361. The van der Waals surface area contributed by atoms with Gasteiger partial charge in [-0.15, -0.1) is 0 Å². The minimum atomic E-state index is -0.291. The van der Waals surface area contributed by atoms with Crippen LogP contribution in [0.5, 0.6) is 0 Å². The molecule has 1 aromatic rings. The van der Waals surface area contributed by atoms with Crippen molar-refractivity contribution in [2.24, 2.45) is 5.92 Å². The molecule has 1 atom stereocenters. The summed E-state index contributed by atoms with van der Waals surface area (Å²) < 4.78 is 0. The van der Waals surface area contributed by atoms with Crippen LogP contribution in [-0.2, 0) is 4.79 Å². The molecule has 0 saturated heterocycles. The molecule has 0 spiro atoms. The Bertz CT molecular complexity index is 344. The first-order valence-corrected chi connectivity index (χ1v) is 7.75. The van der Waals surface area contributed by atoms with E-state index >= 15 is 0 Å². The minimum Gasteiger partial charge on any atom is -0.388 e. The molecule has 114 valence electrons. The van der Waals surface area contributed by atoms with Gasteiger partial charge in [0.25, 0.3) is 0 Å². The fourth-order valence-electron chi connectivity index (χ4n) is 1.76. The maximum Gasteiger partial charge on any atom is 0.132 e. The van der Waals surface area contributed by atoms with Crippen molar-refractivity contribution in [1.29, 1.82) is 0 Å². The number of rotatable bonds is 7. The van der Waals surface area contributed by atoms with Gasteiger partial charge in [-0.25, -0.2) is 0 Å². The van der Waals surface area contributed by atoms with Gasteiger partial charge in [0.15, 0.2) is 0 Å². The third kappa shape index (κ3) is 9.74. The Kier molecular flexibility index (Phi) is 11.0. The van der Waals surface area contributed by atoms with E-state index in [2.05, 4.69) is 13.8 Å². The quantitative estimate of drug-likeness (QED) is 0.768. The lowest BCUT2D eigenvalue weighted by Gasteiger charge is -2.05. The zero-order valence-corrected chi connectivity index (χ0v) is 13.4. The zero-order chi connectivity index (χ0) is 15.4. The predicted octanol–water partition coefficient (Wildman–Crippen LogP) is 4.92. The summed E-state index contributed by atoms with van der Waals surface area (Å²) in [4.78, 5) is 10.9. The molecule has 1 unspecified atom stereocenters. The van der Waals surface area contributed by atoms with E-state index in [1.165, 1.54) is 0 Å². The van der Waals surface area contributed by atoms with E-state index in [4.69, 9.17) is 0 Å². The number of ketones is 1. The highest BCUT2D eigenvalue weighted by Crippen LogP contribution is 2.14. The maximum absolute atomic E-state index is 10.9. The average molecular weight is 278 g/mol. The highest BCUT2D eigenvalue weighted by molar-refractivity contribution is 5.78. The van der Waals surface area contributed by atoms with Crippen LogP contribution >= 0.6 is 0 Å². The Labute approximate surface area is 124 Å². The average Bonchev–Trinajstić information content (AvgIpc) is 2.46. The fourth-order valence-corrected chi connectivity index (χ4v) is 1.76. The molecule has 0 radical (unpaired) electrons. The molecule has 20 heavy (non-hydrogen) atoms. The molecule has 1 N–H and O–H groups in total. The zero-order valence-electron chi connectivity index (χ0n) is 13.4. The molecule has 1 rings (SSSR count). The maximum atomic E-state index is 10.9. The second-order valence-corrected chi connectivity index (χ2v) is 5.56. The lowest BCUT2D eigenvalue weighted by molar-refractivity contribution is -0.119. The van der Waals surface area contributed by atoms with Gasteiger partial charge in [0.1, 0.15) is 5.78 Å². The standard InChI is InChI=1S/C9H12O.C9H18O/c1-2-9(10)8-6-4-3-5-7-8;1-4-5-9(10)7-6-8(2)3/h3-7,9-10H,2H2,1H3;8H,4-7H2,1-3H3. The first-order valence-electron chi connectivity index (χ1n) is 7.75. The van der Waals surface area contributed by atoms with Crippen LogP contribution in [-0.4, -0.2) is 10.9 Å². The van der Waals surface area contributed by atoms with Crippen LogP contribution < -0.4 is 0 Å². The molecule has 0 aromatic heterocycles. The third-order valence-electron chi connectivity index (χ3n) is 3.10. The molecule has 0 aliphatic heterocycles. The van der Waals surface area contributed by atoms with Gasteiger partial charge in [0, 0.05) is 12.8 Å². The molecule has 0 aliphatic carbocycles. The van der Waals surface area contributed by atoms with Crippen molar-refractivity contribution >= 4 is 5.78 Å². The molecule has 0 fully saturated rings. The lowest BCUT2D eigenvalue weighted by atomic mass is 10.0. The monoisotopic (exact) mass is 278 g/mol. The Morgan fingerprint density at radius 2 is 1.70 bits per heavy atom. The van der Waals surface area contributed by atoms with Gasteiger partial charge in [0.2, 0.25) is 0 Å². The van der Waals surface area contributed by atoms with Crippen molar-refractivity contribution in [2.45, 2.75) is 65.9 Å². The molecule has 2 heteroatoms. The van der Waals surface area contributed by atoms with Crippen LogP contribution in [0.25, 0.3) is 0 Å². The molecule has 1 aromatic carbocycles. The molecular formula is C18H30O2. The SMILES string of the molecule is CCC(O)c1ccccc1.CCCC(=O)CCC(C)C. The predicted molar refractivity (Wildman–Crippen MR) is 85.7 cm³/mol. The summed E-state index contributed by atoms with van der Waals surface area (Å²) in [5.74, 6) is 1.09. The van der Waals surface area contributed by atoms with E-state index < -0.39 is 0 Å². The van der Waals surface area contributed by atoms with Gasteiger partial charge in [-0.2, -0.15) is 0 Å². The van der Waals surface area contributed by atoms with Crippen molar-refractivity contribution in [2.75, 3.05) is 0 Å². The number of hydrogen-bond acceptors (Lipinski definition) is 2. The van der Waals surface area contributed by atoms with Crippen LogP contribution in [0.2, 0.25) is 0 Å². The second kappa shape index (κ2) is 11.7. The smallest absolute Gasteiger partial charge is 0.132 e. The topological polar surface area (TPSA) is 37.3 Å². The highest BCUT2D eigenvalue weighted by atomic mass is 16.3. The van der Waals surface area contributed by atoms with Crippen molar-refractivity contribution in [3.05, 3.63) is 35.9 Å². The number of Topliss-reactive ketones (excluding diaryl/α,β-unsaturated/α-hetero) is 1. The largest absolute Gasteiger partial charge is 0.388 e. The van der Waals surface area contributed by atoms with Crippen LogP contribution in [0.3, 0.4) is 0 Å². The Morgan fingerprint density at radius 3 is 2.15 bits per heavy atom. The summed E-state index contributed by atoms with van der Waals surface area (Å²) in [5, 5.41) is 9.33. The summed E-state index contributed by atoms with van der Waals surface area (Å²) in [6, 6.07) is 9.70. The van der Waals surface area contributed by atoms with Crippen LogP contribution in [0, 0.1) is 5.92 Å². The van der Waals surface area contributed by atoms with Gasteiger partial charge >= 0.3 is 0 Å². The van der Waals surface area contributed by atoms with Crippen LogP contribution in [0.15, 0.2) is 30.3 Å². The summed E-state index contributed by atoms with van der Waals surface area (Å²) in [7, 11) is 0. The third-order valence-corrected chi connectivity index (χ3v) is 3.10. The molecule has 0 bridgehead atoms. The van der Waals surface area contributed by atoms with Gasteiger partial charge in [0.05, 0.1) is 6.10 Å². The fraction of sp³-hybridized carbons (Fsp3) is 0.611. The number of carbonyl (C=O) groups is 1. The van der Waals surface area contributed by atoms with Crippen molar-refractivity contribution in [3.8, 4) is 0 Å². The van der Waals surface area contributed by atoms with Crippen molar-refractivity contribution in [1.82, 2.24) is 0 Å². The minimum absolute atomic E-state index is 0.291. The molecular weight excluding hydrogens is 248 g/mol. The van der Waals surface area contributed by atoms with Gasteiger partial charge in [-0.05, 0) is 30.7 Å². The number of hydrogen-bond donors (Lipinski definition) is 1. The van der Waals surface area contributed by atoms with Gasteiger partial charge in [-0.3, -0.25) is 4.79 Å². The molecule has 0 aliphatic rings. The number of benzene rings is 1. The number of carbonyl (C=O) groups excluding carboxylic acids is 1. The summed E-state index contributed by atoms with van der Waals surface area (Å²) in [6.45, 7) is 8.32. The normalized spacial score (nSPS) is 11.7. The Hall–Kier alpha value is -1.15. The summed E-state index contributed by atoms with van der Waals surface area (Å²) >= 11 is 0. The van der Waals surface area contributed by atoms with Gasteiger partial charge in [-0.1, -0.05) is 58.0 Å². The van der Waals surface area contributed by atoms with Crippen LogP contribution in [0.4, 0.5) is 0 Å². The van der Waals surface area contributed by atoms with E-state index in [1.807, 2.05) is 44.2 Å². The molecule has 0 saturated carbocycles. The van der Waals surface area contributed by atoms with E-state index in [1.54, 1.807) is 0 Å². The molecule has 0 amide bonds. The first kappa shape index (κ1) is 18.9. The van der Waals surface area contributed by atoms with E-state index in [0.717, 1.165) is 37.7 Å². The number of aliphatic hydroxyl groups is 1. The highest BCUT2D eigenvalue weighted by Gasteiger charge is 2.01. The van der Waals surface area contributed by atoms with Crippen molar-refractivity contribution < 1.29 is 9.90 Å². The first-order chi connectivity index (χ1) is 9.51. The van der Waals surface area contributed by atoms with Gasteiger partial charge < -0.3 is 5.11 Å². The Morgan fingerprint density at radius 1 is 1.10 bits per heavy atom. The number of aliphatic hydroxyl groups excluding tert-OH is 1. The van der Waals surface area contributed by atoms with E-state index in [-0.39, 0.29) is 6.10 Å². The van der Waals surface area contributed by atoms with E-state index in [0.29, 0.717) is 11.7 Å². The van der Waals surface area contributed by atoms with Crippen LogP contribution in [0.1, 0.15) is 71.5 Å². The lowest BCUT2D eigenvalue weighted by Crippen LogP contribution is -1.99. The van der Waals surface area contributed by atoms with Crippen molar-refractivity contribution in [3.63, 3.8) is 0 Å². The summed E-state index contributed by atoms with van der Waals surface area (Å²) in [6.07, 6.45) is 4.10. The molecule has 2 nitrogen and oxygen atoms in total. The second-order valence-electron chi connectivity index (χ2n) is 5.56.